The third-order valence-corrected chi connectivity index (χ3v) is 6.38. The topological polar surface area (TPSA) is 73.3 Å². The van der Waals surface area contributed by atoms with Crippen LogP contribution < -0.4 is 5.32 Å². The lowest BCUT2D eigenvalue weighted by molar-refractivity contribution is -0.277. The van der Waals surface area contributed by atoms with Gasteiger partial charge in [0.15, 0.2) is 11.4 Å². The number of ether oxygens (including phenoxy) is 2. The molecule has 1 aromatic carbocycles. The largest absolute Gasteiger partial charge is 0.416 e. The summed E-state index contributed by atoms with van der Waals surface area (Å²) in [5, 5.41) is 3.22. The van der Waals surface area contributed by atoms with Gasteiger partial charge in [-0.3, -0.25) is 4.79 Å². The Bertz CT molecular complexity index is 1060. The first-order chi connectivity index (χ1) is 14.7. The molecule has 3 heterocycles. The summed E-state index contributed by atoms with van der Waals surface area (Å²) >= 11 is 6.10. The Morgan fingerprint density at radius 2 is 2.03 bits per heavy atom. The number of carbonyl (C=O) groups excluding carboxylic acids is 1. The van der Waals surface area contributed by atoms with E-state index >= 15 is 0 Å². The highest BCUT2D eigenvalue weighted by molar-refractivity contribution is 6.28. The standard InChI is InChI=1S/C21H19ClF3N3O3/c1-10(11-3-2-4-13(5-11)21(23,24)25)26-18-14-6-12(7-15(14)27-19(22)28-18)16-17(29)20(31-16)8-30-9-20/h2-5,10,12,16H,6-9H2,1H3,(H,26,27,28)/t10-,12?,16?/m1/s1. The second kappa shape index (κ2) is 7.15. The van der Waals surface area contributed by atoms with Gasteiger partial charge in [-0.15, -0.1) is 0 Å². The Balaban J connectivity index is 1.35. The number of anilines is 1. The van der Waals surface area contributed by atoms with Crippen molar-refractivity contribution < 1.29 is 27.4 Å². The van der Waals surface area contributed by atoms with E-state index in [1.807, 2.05) is 0 Å². The van der Waals surface area contributed by atoms with E-state index in [-0.39, 0.29) is 17.0 Å². The maximum atomic E-state index is 13.1. The number of halogens is 4. The maximum absolute atomic E-state index is 13.1. The molecule has 2 aromatic rings. The van der Waals surface area contributed by atoms with Gasteiger partial charge in [-0.2, -0.15) is 13.2 Å². The van der Waals surface area contributed by atoms with Gasteiger partial charge >= 0.3 is 6.18 Å². The van der Waals surface area contributed by atoms with Crippen molar-refractivity contribution in [1.29, 1.82) is 0 Å². The summed E-state index contributed by atoms with van der Waals surface area (Å²) in [5.41, 5.74) is 0.542. The molecule has 31 heavy (non-hydrogen) atoms. The predicted molar refractivity (Wildman–Crippen MR) is 105 cm³/mol. The molecule has 2 saturated heterocycles. The Labute approximate surface area is 181 Å². The number of benzene rings is 1. The lowest BCUT2D eigenvalue weighted by Gasteiger charge is -2.52. The number of hydrogen-bond donors (Lipinski definition) is 1. The van der Waals surface area contributed by atoms with Gasteiger partial charge in [0, 0.05) is 17.5 Å². The monoisotopic (exact) mass is 453 g/mol. The van der Waals surface area contributed by atoms with Gasteiger partial charge in [-0.25, -0.2) is 9.97 Å². The summed E-state index contributed by atoms with van der Waals surface area (Å²) in [6.45, 7) is 2.35. The molecular weight excluding hydrogens is 435 g/mol. The average Bonchev–Trinajstić information content (AvgIpc) is 3.08. The zero-order valence-electron chi connectivity index (χ0n) is 16.5. The number of rotatable bonds is 4. The SMILES string of the molecule is C[C@@H](Nc1nc(Cl)nc2c1CC(C1OC3(COC3)C1=O)C2)c1cccc(C(F)(F)F)c1. The Kier molecular flexibility index (Phi) is 4.76. The minimum Gasteiger partial charge on any atom is -0.374 e. The zero-order chi connectivity index (χ0) is 22.0. The average molecular weight is 454 g/mol. The van der Waals surface area contributed by atoms with Gasteiger partial charge in [0.05, 0.1) is 24.5 Å². The van der Waals surface area contributed by atoms with Crippen molar-refractivity contribution in [3.63, 3.8) is 0 Å². The second-order valence-corrected chi connectivity index (χ2v) is 8.65. The molecule has 5 rings (SSSR count). The van der Waals surface area contributed by atoms with Crippen LogP contribution in [-0.2, 0) is 33.3 Å². The number of Topliss-reactive ketones (excluding diaryl/α,β-unsaturated/α-hetero) is 1. The van der Waals surface area contributed by atoms with Gasteiger partial charge in [0.25, 0.3) is 0 Å². The number of hydrogen-bond acceptors (Lipinski definition) is 6. The van der Waals surface area contributed by atoms with E-state index in [1.54, 1.807) is 13.0 Å². The second-order valence-electron chi connectivity index (χ2n) is 8.31. The minimum atomic E-state index is -4.42. The van der Waals surface area contributed by atoms with Crippen molar-refractivity contribution in [3.8, 4) is 0 Å². The molecule has 0 saturated carbocycles. The number of carbonyl (C=O) groups is 1. The van der Waals surface area contributed by atoms with Crippen molar-refractivity contribution in [2.45, 2.75) is 43.7 Å². The first kappa shape index (κ1) is 20.7. The smallest absolute Gasteiger partial charge is 0.374 e. The van der Waals surface area contributed by atoms with Crippen LogP contribution in [0.3, 0.4) is 0 Å². The molecular formula is C21H19ClF3N3O3. The summed E-state index contributed by atoms with van der Waals surface area (Å²) in [4.78, 5) is 21.1. The van der Waals surface area contributed by atoms with Gasteiger partial charge in [0.2, 0.25) is 5.28 Å². The predicted octanol–water partition coefficient (Wildman–Crippen LogP) is 3.77. The molecule has 0 radical (unpaired) electrons. The lowest BCUT2D eigenvalue weighted by atomic mass is 9.79. The van der Waals surface area contributed by atoms with Crippen LogP contribution in [0, 0.1) is 5.92 Å². The molecule has 0 bridgehead atoms. The van der Waals surface area contributed by atoms with Crippen LogP contribution in [0.1, 0.15) is 35.3 Å². The van der Waals surface area contributed by atoms with Crippen molar-refractivity contribution in [1.82, 2.24) is 9.97 Å². The number of alkyl halides is 3. The summed E-state index contributed by atoms with van der Waals surface area (Å²) < 4.78 is 50.2. The summed E-state index contributed by atoms with van der Waals surface area (Å²) in [6, 6.07) is 4.71. The summed E-state index contributed by atoms with van der Waals surface area (Å²) in [6.07, 6.45) is -3.87. The van der Waals surface area contributed by atoms with Crippen molar-refractivity contribution >= 4 is 23.2 Å². The maximum Gasteiger partial charge on any atom is 0.416 e. The molecule has 3 aliphatic rings. The first-order valence-electron chi connectivity index (χ1n) is 9.95. The molecule has 1 aliphatic carbocycles. The number of aromatic nitrogens is 2. The molecule has 2 unspecified atom stereocenters. The molecule has 6 nitrogen and oxygen atoms in total. The van der Waals surface area contributed by atoms with E-state index in [0.29, 0.717) is 37.4 Å². The number of nitrogens with zero attached hydrogens (tertiary/aromatic N) is 2. The van der Waals surface area contributed by atoms with E-state index in [0.717, 1.165) is 23.4 Å². The fourth-order valence-corrected chi connectivity index (χ4v) is 4.62. The van der Waals surface area contributed by atoms with E-state index in [2.05, 4.69) is 15.3 Å². The number of fused-ring (bicyclic) bond motifs is 1. The number of nitrogens with one attached hydrogen (secondary N) is 1. The van der Waals surface area contributed by atoms with Crippen molar-refractivity contribution in [2.24, 2.45) is 5.92 Å². The van der Waals surface area contributed by atoms with E-state index in [9.17, 15) is 18.0 Å². The Hall–Kier alpha value is -2.23. The van der Waals surface area contributed by atoms with Gasteiger partial charge in [-0.1, -0.05) is 12.1 Å². The van der Waals surface area contributed by atoms with Crippen LogP contribution >= 0.6 is 11.6 Å². The molecule has 1 spiro atoms. The van der Waals surface area contributed by atoms with E-state index < -0.39 is 29.5 Å². The fraction of sp³-hybridized carbons (Fsp3) is 0.476. The van der Waals surface area contributed by atoms with Gasteiger partial charge in [-0.05, 0) is 49.1 Å². The minimum absolute atomic E-state index is 0.0443. The van der Waals surface area contributed by atoms with Crippen LogP contribution in [0.25, 0.3) is 0 Å². The highest BCUT2D eigenvalue weighted by Crippen LogP contribution is 2.44. The molecule has 2 fully saturated rings. The van der Waals surface area contributed by atoms with Gasteiger partial charge in [0.1, 0.15) is 11.9 Å². The van der Waals surface area contributed by atoms with Crippen molar-refractivity contribution in [3.05, 3.63) is 51.9 Å². The van der Waals surface area contributed by atoms with Crippen LogP contribution in [0.15, 0.2) is 24.3 Å². The third-order valence-electron chi connectivity index (χ3n) is 6.21. The van der Waals surface area contributed by atoms with E-state index in [1.165, 1.54) is 6.07 Å². The molecule has 164 valence electrons. The van der Waals surface area contributed by atoms with E-state index in [4.69, 9.17) is 21.1 Å². The van der Waals surface area contributed by atoms with Crippen LogP contribution in [0.2, 0.25) is 5.28 Å². The van der Waals surface area contributed by atoms with Gasteiger partial charge < -0.3 is 14.8 Å². The van der Waals surface area contributed by atoms with Crippen LogP contribution in [0.5, 0.6) is 0 Å². The molecule has 2 aliphatic heterocycles. The molecule has 1 aromatic heterocycles. The Morgan fingerprint density at radius 1 is 1.26 bits per heavy atom. The quantitative estimate of drug-likeness (QED) is 0.710. The highest BCUT2D eigenvalue weighted by Gasteiger charge is 2.62. The normalized spacial score (nSPS) is 25.0. The van der Waals surface area contributed by atoms with Crippen LogP contribution in [-0.4, -0.2) is 40.7 Å². The Morgan fingerprint density at radius 3 is 2.68 bits per heavy atom. The summed E-state index contributed by atoms with van der Waals surface area (Å²) in [5.74, 6) is 0.448. The van der Waals surface area contributed by atoms with Crippen LogP contribution in [0.4, 0.5) is 19.0 Å². The fourth-order valence-electron chi connectivity index (χ4n) is 4.44. The number of ketones is 1. The molecule has 10 heteroatoms. The van der Waals surface area contributed by atoms with Crippen molar-refractivity contribution in [2.75, 3.05) is 18.5 Å². The molecule has 0 amide bonds. The highest BCUT2D eigenvalue weighted by atomic mass is 35.5. The third kappa shape index (κ3) is 3.48. The summed E-state index contributed by atoms with van der Waals surface area (Å²) in [7, 11) is 0. The lowest BCUT2D eigenvalue weighted by Crippen LogP contribution is -2.73. The first-order valence-corrected chi connectivity index (χ1v) is 10.3. The molecule has 3 atom stereocenters. The zero-order valence-corrected chi connectivity index (χ0v) is 17.3. The molecule has 1 N–H and O–H groups in total.